The van der Waals surface area contributed by atoms with Gasteiger partial charge in [-0.05, 0) is 23.8 Å². The Morgan fingerprint density at radius 3 is 2.15 bits per heavy atom. The van der Waals surface area contributed by atoms with E-state index >= 15 is 0 Å². The fourth-order valence-electron chi connectivity index (χ4n) is 1.54. The molecule has 0 N–H and O–H groups in total. The standard InChI is InChI=1S/C13H8Cl3NO3/c14-7-8-1-2-9(5-11(8)15)20-10-3-4-13(17(18)19)12(16)6-10/h1-6H,7H2. The molecule has 0 radical (unpaired) electrons. The van der Waals surface area contributed by atoms with Gasteiger partial charge in [0.25, 0.3) is 5.69 Å². The molecule has 2 aromatic rings. The number of alkyl halides is 1. The normalized spacial score (nSPS) is 10.3. The lowest BCUT2D eigenvalue weighted by Gasteiger charge is -2.08. The van der Waals surface area contributed by atoms with Gasteiger partial charge in [-0.2, -0.15) is 0 Å². The third-order valence-corrected chi connectivity index (χ3v) is 3.46. The predicted octanol–water partition coefficient (Wildman–Crippen LogP) is 5.43. The molecule has 0 amide bonds. The van der Waals surface area contributed by atoms with E-state index in [1.807, 2.05) is 0 Å². The number of nitrogens with zero attached hydrogens (tertiary/aromatic N) is 1. The van der Waals surface area contributed by atoms with Crippen molar-refractivity contribution < 1.29 is 9.66 Å². The summed E-state index contributed by atoms with van der Waals surface area (Å²) < 4.78 is 5.54. The summed E-state index contributed by atoms with van der Waals surface area (Å²) in [6.07, 6.45) is 0. The average molecular weight is 333 g/mol. The number of nitro groups is 1. The van der Waals surface area contributed by atoms with Gasteiger partial charge in [-0.3, -0.25) is 10.1 Å². The Kier molecular flexibility index (Phi) is 4.70. The molecule has 104 valence electrons. The zero-order valence-corrected chi connectivity index (χ0v) is 12.2. The zero-order chi connectivity index (χ0) is 14.7. The molecule has 0 fully saturated rings. The molecule has 4 nitrogen and oxygen atoms in total. The summed E-state index contributed by atoms with van der Waals surface area (Å²) in [5, 5.41) is 11.2. The van der Waals surface area contributed by atoms with Crippen molar-refractivity contribution in [2.24, 2.45) is 0 Å². The highest BCUT2D eigenvalue weighted by Crippen LogP contribution is 2.32. The van der Waals surface area contributed by atoms with Gasteiger partial charge in [-0.25, -0.2) is 0 Å². The van der Waals surface area contributed by atoms with Gasteiger partial charge in [0, 0.05) is 23.0 Å². The van der Waals surface area contributed by atoms with Gasteiger partial charge in [0.1, 0.15) is 16.5 Å². The van der Waals surface area contributed by atoms with Crippen molar-refractivity contribution >= 4 is 40.5 Å². The number of hydrogen-bond donors (Lipinski definition) is 0. The van der Waals surface area contributed by atoms with E-state index in [1.54, 1.807) is 18.2 Å². The van der Waals surface area contributed by atoms with Crippen LogP contribution >= 0.6 is 34.8 Å². The number of rotatable bonds is 4. The van der Waals surface area contributed by atoms with Gasteiger partial charge in [0.2, 0.25) is 0 Å². The highest BCUT2D eigenvalue weighted by atomic mass is 35.5. The minimum atomic E-state index is -0.557. The number of halogens is 3. The van der Waals surface area contributed by atoms with Crippen molar-refractivity contribution in [2.75, 3.05) is 0 Å². The van der Waals surface area contributed by atoms with Crippen LogP contribution in [0.1, 0.15) is 5.56 Å². The Labute approximate surface area is 130 Å². The highest BCUT2D eigenvalue weighted by molar-refractivity contribution is 6.33. The van der Waals surface area contributed by atoms with E-state index < -0.39 is 4.92 Å². The van der Waals surface area contributed by atoms with E-state index in [2.05, 4.69) is 0 Å². The SMILES string of the molecule is O=[N+]([O-])c1ccc(Oc2ccc(CCl)c(Cl)c2)cc1Cl. The van der Waals surface area contributed by atoms with Crippen LogP contribution in [0.25, 0.3) is 0 Å². The number of nitro benzene ring substituents is 1. The van der Waals surface area contributed by atoms with Crippen molar-refractivity contribution in [3.05, 3.63) is 62.1 Å². The summed E-state index contributed by atoms with van der Waals surface area (Å²) in [5.74, 6) is 1.19. The summed E-state index contributed by atoms with van der Waals surface area (Å²) in [5.41, 5.74) is 0.622. The minimum absolute atomic E-state index is 0.0102. The van der Waals surface area contributed by atoms with E-state index in [0.717, 1.165) is 5.56 Å². The number of benzene rings is 2. The smallest absolute Gasteiger partial charge is 0.288 e. The minimum Gasteiger partial charge on any atom is -0.457 e. The molecule has 2 rings (SSSR count). The molecule has 7 heteroatoms. The molecular weight excluding hydrogens is 325 g/mol. The van der Waals surface area contributed by atoms with E-state index in [1.165, 1.54) is 18.2 Å². The van der Waals surface area contributed by atoms with Crippen LogP contribution in [0, 0.1) is 10.1 Å². The average Bonchev–Trinajstić information content (AvgIpc) is 2.38. The van der Waals surface area contributed by atoms with Gasteiger partial charge in [0.15, 0.2) is 0 Å². The van der Waals surface area contributed by atoms with E-state index in [0.29, 0.717) is 22.4 Å². The van der Waals surface area contributed by atoms with Crippen LogP contribution in [0.4, 0.5) is 5.69 Å². The summed E-state index contributed by atoms with van der Waals surface area (Å²) >= 11 is 17.5. The first kappa shape index (κ1) is 14.9. The largest absolute Gasteiger partial charge is 0.457 e. The Hall–Kier alpha value is -1.49. The first-order valence-electron chi connectivity index (χ1n) is 5.47. The Morgan fingerprint density at radius 2 is 1.65 bits per heavy atom. The summed E-state index contributed by atoms with van der Waals surface area (Å²) in [6.45, 7) is 0. The molecule has 0 spiro atoms. The maximum absolute atomic E-state index is 10.7. The van der Waals surface area contributed by atoms with Crippen molar-refractivity contribution in [1.82, 2.24) is 0 Å². The molecule has 0 saturated heterocycles. The van der Waals surface area contributed by atoms with Gasteiger partial charge >= 0.3 is 0 Å². The Bertz CT molecular complexity index is 661. The molecule has 0 aliphatic carbocycles. The summed E-state index contributed by atoms with van der Waals surface area (Å²) in [7, 11) is 0. The molecule has 0 atom stereocenters. The van der Waals surface area contributed by atoms with Crippen LogP contribution in [0.3, 0.4) is 0 Å². The predicted molar refractivity (Wildman–Crippen MR) is 79.2 cm³/mol. The Balaban J connectivity index is 2.24. The molecule has 0 bridgehead atoms. The fourth-order valence-corrected chi connectivity index (χ4v) is 2.31. The molecule has 0 saturated carbocycles. The second-order valence-corrected chi connectivity index (χ2v) is 4.94. The Morgan fingerprint density at radius 1 is 1.05 bits per heavy atom. The van der Waals surface area contributed by atoms with Crippen LogP contribution in [-0.2, 0) is 5.88 Å². The number of hydrogen-bond acceptors (Lipinski definition) is 3. The second-order valence-electron chi connectivity index (χ2n) is 3.86. The number of ether oxygens (including phenoxy) is 1. The van der Waals surface area contributed by atoms with Gasteiger partial charge in [-0.15, -0.1) is 11.6 Å². The van der Waals surface area contributed by atoms with Crippen LogP contribution in [0.15, 0.2) is 36.4 Å². The van der Waals surface area contributed by atoms with Crippen LogP contribution in [0.2, 0.25) is 10.0 Å². The molecule has 0 unspecified atom stereocenters. The first-order valence-corrected chi connectivity index (χ1v) is 6.76. The van der Waals surface area contributed by atoms with Crippen LogP contribution in [-0.4, -0.2) is 4.92 Å². The second kappa shape index (κ2) is 6.31. The van der Waals surface area contributed by atoms with Crippen molar-refractivity contribution in [3.8, 4) is 11.5 Å². The molecule has 20 heavy (non-hydrogen) atoms. The van der Waals surface area contributed by atoms with Crippen molar-refractivity contribution in [3.63, 3.8) is 0 Å². The lowest BCUT2D eigenvalue weighted by molar-refractivity contribution is -0.384. The summed E-state index contributed by atoms with van der Waals surface area (Å²) in [4.78, 5) is 10.1. The van der Waals surface area contributed by atoms with Gasteiger partial charge < -0.3 is 4.74 Å². The lowest BCUT2D eigenvalue weighted by Crippen LogP contribution is -1.91. The van der Waals surface area contributed by atoms with Gasteiger partial charge in [0.05, 0.1) is 4.92 Å². The van der Waals surface area contributed by atoms with E-state index in [4.69, 9.17) is 39.5 Å². The quantitative estimate of drug-likeness (QED) is 0.426. The van der Waals surface area contributed by atoms with E-state index in [-0.39, 0.29) is 10.7 Å². The third kappa shape index (κ3) is 3.33. The topological polar surface area (TPSA) is 52.4 Å². The molecular formula is C13H8Cl3NO3. The molecule has 2 aromatic carbocycles. The third-order valence-electron chi connectivity index (χ3n) is 2.52. The van der Waals surface area contributed by atoms with Crippen LogP contribution in [0.5, 0.6) is 11.5 Å². The maximum atomic E-state index is 10.7. The molecule has 0 heterocycles. The van der Waals surface area contributed by atoms with Crippen molar-refractivity contribution in [2.45, 2.75) is 5.88 Å². The monoisotopic (exact) mass is 331 g/mol. The molecule has 0 aliphatic heterocycles. The van der Waals surface area contributed by atoms with E-state index in [9.17, 15) is 10.1 Å². The van der Waals surface area contributed by atoms with Crippen LogP contribution < -0.4 is 4.74 Å². The summed E-state index contributed by atoms with van der Waals surface area (Å²) in [6, 6.07) is 9.20. The molecule has 0 aromatic heterocycles. The van der Waals surface area contributed by atoms with Gasteiger partial charge in [-0.1, -0.05) is 29.3 Å². The van der Waals surface area contributed by atoms with Crippen molar-refractivity contribution in [1.29, 1.82) is 0 Å². The molecule has 0 aliphatic rings. The zero-order valence-electron chi connectivity index (χ0n) is 9.98. The highest BCUT2D eigenvalue weighted by Gasteiger charge is 2.13. The fraction of sp³-hybridized carbons (Fsp3) is 0.0769. The first-order chi connectivity index (χ1) is 9.51. The maximum Gasteiger partial charge on any atom is 0.288 e. The lowest BCUT2D eigenvalue weighted by atomic mass is 10.2.